The molecule has 1 saturated carbocycles. The van der Waals surface area contributed by atoms with E-state index in [1.54, 1.807) is 4.90 Å². The van der Waals surface area contributed by atoms with Crippen LogP contribution in [0.25, 0.3) is 0 Å². The van der Waals surface area contributed by atoms with Gasteiger partial charge in [0.15, 0.2) is 0 Å². The highest BCUT2D eigenvalue weighted by molar-refractivity contribution is 5.83. The molecule has 17 heavy (non-hydrogen) atoms. The first kappa shape index (κ1) is 13.8. The van der Waals surface area contributed by atoms with Crippen LogP contribution in [0, 0.1) is 5.92 Å². The van der Waals surface area contributed by atoms with Crippen molar-refractivity contribution in [3.8, 4) is 0 Å². The number of carbonyl (C=O) groups excluding carboxylic acids is 1. The van der Waals surface area contributed by atoms with Crippen molar-refractivity contribution in [1.82, 2.24) is 10.2 Å². The first-order valence-corrected chi connectivity index (χ1v) is 6.31. The Hall–Kier alpha value is -1.26. The van der Waals surface area contributed by atoms with Crippen LogP contribution in [0.15, 0.2) is 0 Å². The van der Waals surface area contributed by atoms with Crippen LogP contribution in [0.2, 0.25) is 0 Å². The van der Waals surface area contributed by atoms with Crippen LogP contribution in [-0.4, -0.2) is 40.6 Å². The van der Waals surface area contributed by atoms with E-state index in [9.17, 15) is 9.59 Å². The fourth-order valence-electron chi connectivity index (χ4n) is 1.90. The van der Waals surface area contributed by atoms with E-state index in [1.807, 2.05) is 20.8 Å². The lowest BCUT2D eigenvalue weighted by Crippen LogP contribution is -2.51. The molecule has 98 valence electrons. The van der Waals surface area contributed by atoms with Gasteiger partial charge in [-0.3, -0.25) is 0 Å². The molecule has 1 aliphatic rings. The largest absolute Gasteiger partial charge is 0.480 e. The van der Waals surface area contributed by atoms with Gasteiger partial charge >= 0.3 is 12.0 Å². The summed E-state index contributed by atoms with van der Waals surface area (Å²) in [6, 6.07) is -0.851. The standard InChI is InChI=1S/C12H22N2O3/c1-4-8(3)14(5-2)12(17)13-10(11(15)16)9-6-7-9/h8-10H,4-7H2,1-3H3,(H,13,17)(H,15,16). The van der Waals surface area contributed by atoms with Crippen LogP contribution >= 0.6 is 0 Å². The summed E-state index contributed by atoms with van der Waals surface area (Å²) in [5.41, 5.74) is 0. The highest BCUT2D eigenvalue weighted by Crippen LogP contribution is 2.32. The molecule has 0 bridgehead atoms. The van der Waals surface area contributed by atoms with Crippen molar-refractivity contribution in [1.29, 1.82) is 0 Å². The minimum atomic E-state index is -0.930. The molecule has 1 rings (SSSR count). The summed E-state index contributed by atoms with van der Waals surface area (Å²) >= 11 is 0. The van der Waals surface area contributed by atoms with Crippen molar-refractivity contribution in [2.24, 2.45) is 5.92 Å². The molecule has 2 atom stereocenters. The highest BCUT2D eigenvalue weighted by Gasteiger charge is 2.38. The number of aliphatic carboxylic acids is 1. The number of urea groups is 1. The molecule has 5 nitrogen and oxygen atoms in total. The number of rotatable bonds is 6. The molecule has 0 aromatic carbocycles. The SMILES string of the molecule is CCC(C)N(CC)C(=O)NC(C(=O)O)C1CC1. The second-order valence-electron chi connectivity index (χ2n) is 4.65. The average Bonchev–Trinajstić information content (AvgIpc) is 3.10. The predicted molar refractivity (Wildman–Crippen MR) is 64.8 cm³/mol. The quantitative estimate of drug-likeness (QED) is 0.744. The Balaban J connectivity index is 2.58. The third-order valence-corrected chi connectivity index (χ3v) is 3.36. The lowest BCUT2D eigenvalue weighted by atomic mass is 10.2. The van der Waals surface area contributed by atoms with Crippen molar-refractivity contribution >= 4 is 12.0 Å². The molecule has 1 aliphatic carbocycles. The van der Waals surface area contributed by atoms with Gasteiger partial charge in [-0.2, -0.15) is 0 Å². The maximum atomic E-state index is 12.0. The summed E-state index contributed by atoms with van der Waals surface area (Å²) in [5.74, 6) is -0.812. The summed E-state index contributed by atoms with van der Waals surface area (Å²) < 4.78 is 0. The summed E-state index contributed by atoms with van der Waals surface area (Å²) in [6.45, 7) is 6.47. The Kier molecular flexibility index (Phi) is 4.78. The van der Waals surface area contributed by atoms with Gasteiger partial charge in [-0.15, -0.1) is 0 Å². The number of hydrogen-bond acceptors (Lipinski definition) is 2. The molecule has 2 unspecified atom stereocenters. The summed E-state index contributed by atoms with van der Waals surface area (Å²) in [7, 11) is 0. The van der Waals surface area contributed by atoms with Crippen molar-refractivity contribution < 1.29 is 14.7 Å². The molecule has 2 amide bonds. The summed E-state index contributed by atoms with van der Waals surface area (Å²) in [4.78, 5) is 24.7. The van der Waals surface area contributed by atoms with E-state index in [-0.39, 0.29) is 18.0 Å². The van der Waals surface area contributed by atoms with Gasteiger partial charge in [0.05, 0.1) is 0 Å². The molecule has 0 spiro atoms. The average molecular weight is 242 g/mol. The Morgan fingerprint density at radius 3 is 2.35 bits per heavy atom. The highest BCUT2D eigenvalue weighted by atomic mass is 16.4. The van der Waals surface area contributed by atoms with Gasteiger partial charge in [-0.05, 0) is 39.0 Å². The number of hydrogen-bond donors (Lipinski definition) is 2. The Morgan fingerprint density at radius 2 is 2.00 bits per heavy atom. The van der Waals surface area contributed by atoms with E-state index in [4.69, 9.17) is 5.11 Å². The Labute approximate surface area is 102 Å². The lowest BCUT2D eigenvalue weighted by Gasteiger charge is -2.28. The number of nitrogens with one attached hydrogen (secondary N) is 1. The molecule has 0 saturated heterocycles. The van der Waals surface area contributed by atoms with Crippen LogP contribution in [0.5, 0.6) is 0 Å². The van der Waals surface area contributed by atoms with Crippen LogP contribution in [0.4, 0.5) is 4.79 Å². The van der Waals surface area contributed by atoms with Gasteiger partial charge in [0.25, 0.3) is 0 Å². The maximum absolute atomic E-state index is 12.0. The first-order chi connectivity index (χ1) is 8.01. The Morgan fingerprint density at radius 1 is 1.41 bits per heavy atom. The van der Waals surface area contributed by atoms with Gasteiger partial charge in [0, 0.05) is 12.6 Å². The topological polar surface area (TPSA) is 69.6 Å². The monoisotopic (exact) mass is 242 g/mol. The minimum Gasteiger partial charge on any atom is -0.480 e. The fraction of sp³-hybridized carbons (Fsp3) is 0.833. The number of carboxylic acids is 1. The van der Waals surface area contributed by atoms with E-state index in [0.717, 1.165) is 19.3 Å². The molecule has 0 aliphatic heterocycles. The number of amides is 2. The molecule has 2 N–H and O–H groups in total. The fourth-order valence-corrected chi connectivity index (χ4v) is 1.90. The van der Waals surface area contributed by atoms with Crippen LogP contribution in [0.3, 0.4) is 0 Å². The zero-order valence-corrected chi connectivity index (χ0v) is 10.8. The van der Waals surface area contributed by atoms with Crippen molar-refractivity contribution in [2.45, 2.75) is 52.1 Å². The van der Waals surface area contributed by atoms with Crippen LogP contribution in [0.1, 0.15) is 40.0 Å². The van der Waals surface area contributed by atoms with Crippen molar-refractivity contribution in [3.63, 3.8) is 0 Å². The van der Waals surface area contributed by atoms with Gasteiger partial charge in [-0.1, -0.05) is 6.92 Å². The third kappa shape index (κ3) is 3.61. The second-order valence-corrected chi connectivity index (χ2v) is 4.65. The van der Waals surface area contributed by atoms with Crippen LogP contribution < -0.4 is 5.32 Å². The Bertz CT molecular complexity index is 289. The van der Waals surface area contributed by atoms with Gasteiger partial charge < -0.3 is 15.3 Å². The normalized spacial score (nSPS) is 18.3. The molecule has 0 heterocycles. The molecule has 0 aromatic heterocycles. The molecule has 5 heteroatoms. The van der Waals surface area contributed by atoms with Gasteiger partial charge in [0.2, 0.25) is 0 Å². The number of carbonyl (C=O) groups is 2. The molecule has 0 aromatic rings. The molecular weight excluding hydrogens is 220 g/mol. The zero-order chi connectivity index (χ0) is 13.0. The molecule has 1 fully saturated rings. The molecular formula is C12H22N2O3. The zero-order valence-electron chi connectivity index (χ0n) is 10.8. The second kappa shape index (κ2) is 5.89. The van der Waals surface area contributed by atoms with Crippen LogP contribution in [-0.2, 0) is 4.79 Å². The van der Waals surface area contributed by atoms with E-state index >= 15 is 0 Å². The number of carboxylic acid groups (broad SMARTS) is 1. The number of nitrogens with zero attached hydrogens (tertiary/aromatic N) is 1. The molecule has 0 radical (unpaired) electrons. The lowest BCUT2D eigenvalue weighted by molar-refractivity contribution is -0.139. The smallest absolute Gasteiger partial charge is 0.326 e. The van der Waals surface area contributed by atoms with E-state index in [0.29, 0.717) is 6.54 Å². The third-order valence-electron chi connectivity index (χ3n) is 3.36. The minimum absolute atomic E-state index is 0.118. The van der Waals surface area contributed by atoms with E-state index in [1.165, 1.54) is 0 Å². The predicted octanol–water partition coefficient (Wildman–Crippen LogP) is 1.68. The first-order valence-electron chi connectivity index (χ1n) is 6.31. The van der Waals surface area contributed by atoms with Gasteiger partial charge in [0.1, 0.15) is 6.04 Å². The maximum Gasteiger partial charge on any atom is 0.326 e. The van der Waals surface area contributed by atoms with E-state index < -0.39 is 12.0 Å². The van der Waals surface area contributed by atoms with Crippen molar-refractivity contribution in [3.05, 3.63) is 0 Å². The summed E-state index contributed by atoms with van der Waals surface area (Å²) in [6.07, 6.45) is 2.65. The van der Waals surface area contributed by atoms with E-state index in [2.05, 4.69) is 5.32 Å². The van der Waals surface area contributed by atoms with Crippen molar-refractivity contribution in [2.75, 3.05) is 6.54 Å². The summed E-state index contributed by atoms with van der Waals surface area (Å²) in [5, 5.41) is 11.7. The van der Waals surface area contributed by atoms with Gasteiger partial charge in [-0.25, -0.2) is 9.59 Å².